The molecule has 1 aliphatic heterocycles. The maximum absolute atomic E-state index is 13.0. The lowest BCUT2D eigenvalue weighted by atomic mass is 9.75. The first kappa shape index (κ1) is 22.0. The zero-order valence-corrected chi connectivity index (χ0v) is 18.7. The summed E-state index contributed by atoms with van der Waals surface area (Å²) in [4.78, 5) is 15.5. The summed E-state index contributed by atoms with van der Waals surface area (Å²) in [7, 11) is 1.50. The number of likely N-dealkylation sites (tertiary alicyclic amines) is 1. The number of esters is 1. The normalized spacial score (nSPS) is 18.9. The highest BCUT2D eigenvalue weighted by molar-refractivity contribution is 5.77. The third-order valence-electron chi connectivity index (χ3n) is 6.85. The van der Waals surface area contributed by atoms with Gasteiger partial charge in [-0.3, -0.25) is 9.69 Å². The Hall–Kier alpha value is -3.17. The van der Waals surface area contributed by atoms with Gasteiger partial charge in [0.05, 0.1) is 18.1 Å². The van der Waals surface area contributed by atoms with Gasteiger partial charge < -0.3 is 4.74 Å². The van der Waals surface area contributed by atoms with E-state index >= 15 is 0 Å². The maximum atomic E-state index is 13.0. The third-order valence-corrected chi connectivity index (χ3v) is 6.85. The second-order valence-electron chi connectivity index (χ2n) is 8.58. The van der Waals surface area contributed by atoms with Gasteiger partial charge in [-0.15, -0.1) is 6.58 Å². The molecular weight excluding hydrogens is 394 g/mol. The summed E-state index contributed by atoms with van der Waals surface area (Å²) in [6, 6.07) is 31.9. The Kier molecular flexibility index (Phi) is 6.57. The van der Waals surface area contributed by atoms with E-state index < -0.39 is 11.0 Å². The fraction of sp³-hybridized carbons (Fsp3) is 0.276. The van der Waals surface area contributed by atoms with Crippen LogP contribution in [0.5, 0.6) is 0 Å². The molecule has 0 aliphatic carbocycles. The molecular formula is C29H31NO2. The van der Waals surface area contributed by atoms with Crippen LogP contribution in [0.15, 0.2) is 104 Å². The topological polar surface area (TPSA) is 29.5 Å². The number of ether oxygens (including phenoxy) is 1. The van der Waals surface area contributed by atoms with Crippen LogP contribution in [0, 0.1) is 5.41 Å². The molecule has 0 saturated carbocycles. The van der Waals surface area contributed by atoms with Crippen molar-refractivity contribution in [2.24, 2.45) is 5.41 Å². The molecule has 1 fully saturated rings. The van der Waals surface area contributed by atoms with E-state index in [1.165, 1.54) is 23.8 Å². The van der Waals surface area contributed by atoms with Gasteiger partial charge in [0, 0.05) is 13.1 Å². The smallest absolute Gasteiger partial charge is 0.313 e. The SMILES string of the molecule is C=CCCC1(C(=O)OC)CCN(C(c2ccccc2)(c2ccccc2)c2ccccc2)C1. The predicted molar refractivity (Wildman–Crippen MR) is 129 cm³/mol. The van der Waals surface area contributed by atoms with Crippen molar-refractivity contribution in [3.05, 3.63) is 120 Å². The Bertz CT molecular complexity index is 936. The van der Waals surface area contributed by atoms with E-state index in [2.05, 4.69) is 102 Å². The van der Waals surface area contributed by atoms with Crippen LogP contribution in [0.2, 0.25) is 0 Å². The second kappa shape index (κ2) is 9.54. The lowest BCUT2D eigenvalue weighted by Gasteiger charge is -2.44. The number of benzene rings is 3. The molecule has 0 spiro atoms. The van der Waals surface area contributed by atoms with Crippen LogP contribution in [0.3, 0.4) is 0 Å². The maximum Gasteiger partial charge on any atom is 0.313 e. The van der Waals surface area contributed by atoms with E-state index in [1.807, 2.05) is 6.08 Å². The van der Waals surface area contributed by atoms with Crippen LogP contribution in [0.25, 0.3) is 0 Å². The van der Waals surface area contributed by atoms with Crippen LogP contribution in [0.1, 0.15) is 36.0 Å². The molecule has 1 aliphatic rings. The molecule has 1 heterocycles. The molecule has 164 valence electrons. The minimum atomic E-state index is -0.535. The molecule has 0 aromatic heterocycles. The quantitative estimate of drug-likeness (QED) is 0.259. The first-order chi connectivity index (χ1) is 15.7. The van der Waals surface area contributed by atoms with E-state index in [0.29, 0.717) is 6.54 Å². The monoisotopic (exact) mass is 425 g/mol. The lowest BCUT2D eigenvalue weighted by Crippen LogP contribution is -2.48. The summed E-state index contributed by atoms with van der Waals surface area (Å²) in [6.45, 7) is 5.31. The predicted octanol–water partition coefficient (Wildman–Crippen LogP) is 5.81. The lowest BCUT2D eigenvalue weighted by molar-refractivity contribution is -0.152. The number of hydrogen-bond donors (Lipinski definition) is 0. The summed E-state index contributed by atoms with van der Waals surface area (Å²) in [6.07, 6.45) is 4.19. The van der Waals surface area contributed by atoms with E-state index in [0.717, 1.165) is 25.8 Å². The summed E-state index contributed by atoms with van der Waals surface area (Å²) in [5.74, 6) is -0.120. The van der Waals surface area contributed by atoms with Crippen molar-refractivity contribution in [2.45, 2.75) is 24.8 Å². The molecule has 1 unspecified atom stereocenters. The first-order valence-electron chi connectivity index (χ1n) is 11.3. The fourth-order valence-corrected chi connectivity index (χ4v) is 5.31. The van der Waals surface area contributed by atoms with E-state index in [1.54, 1.807) is 0 Å². The summed E-state index contributed by atoms with van der Waals surface area (Å²) in [5, 5.41) is 0. The van der Waals surface area contributed by atoms with Crippen LogP contribution in [-0.2, 0) is 15.1 Å². The highest BCUT2D eigenvalue weighted by atomic mass is 16.5. The molecule has 3 aromatic rings. The molecule has 0 bridgehead atoms. The third kappa shape index (κ3) is 3.78. The average molecular weight is 426 g/mol. The zero-order valence-electron chi connectivity index (χ0n) is 18.7. The molecule has 32 heavy (non-hydrogen) atoms. The van der Waals surface area contributed by atoms with E-state index in [9.17, 15) is 4.79 Å². The number of carbonyl (C=O) groups is 1. The molecule has 1 saturated heterocycles. The number of carbonyl (C=O) groups excluding carboxylic acids is 1. The Balaban J connectivity index is 1.93. The van der Waals surface area contributed by atoms with Crippen molar-refractivity contribution in [3.63, 3.8) is 0 Å². The number of allylic oxidation sites excluding steroid dienone is 1. The van der Waals surface area contributed by atoms with Gasteiger partial charge in [-0.25, -0.2) is 0 Å². The van der Waals surface area contributed by atoms with Gasteiger partial charge in [0.2, 0.25) is 0 Å². The highest BCUT2D eigenvalue weighted by Crippen LogP contribution is 2.48. The summed E-state index contributed by atoms with van der Waals surface area (Å²) in [5.41, 5.74) is 2.55. The Morgan fingerprint density at radius 2 is 1.41 bits per heavy atom. The number of nitrogens with zero attached hydrogens (tertiary/aromatic N) is 1. The van der Waals surface area contributed by atoms with Crippen molar-refractivity contribution in [3.8, 4) is 0 Å². The van der Waals surface area contributed by atoms with Crippen LogP contribution >= 0.6 is 0 Å². The van der Waals surface area contributed by atoms with Crippen molar-refractivity contribution < 1.29 is 9.53 Å². The minimum Gasteiger partial charge on any atom is -0.469 e. The van der Waals surface area contributed by atoms with Gasteiger partial charge in [-0.2, -0.15) is 0 Å². The van der Waals surface area contributed by atoms with Gasteiger partial charge in [0.25, 0.3) is 0 Å². The van der Waals surface area contributed by atoms with Crippen LogP contribution in [-0.4, -0.2) is 31.1 Å². The van der Waals surface area contributed by atoms with Crippen LogP contribution < -0.4 is 0 Å². The number of rotatable bonds is 8. The minimum absolute atomic E-state index is 0.120. The molecule has 0 N–H and O–H groups in total. The highest BCUT2D eigenvalue weighted by Gasteiger charge is 2.52. The van der Waals surface area contributed by atoms with Gasteiger partial charge in [0.1, 0.15) is 0 Å². The van der Waals surface area contributed by atoms with Gasteiger partial charge >= 0.3 is 5.97 Å². The Morgan fingerprint density at radius 1 is 0.938 bits per heavy atom. The van der Waals surface area contributed by atoms with Crippen molar-refractivity contribution in [1.29, 1.82) is 0 Å². The molecule has 3 heteroatoms. The zero-order chi connectivity index (χ0) is 22.4. The molecule has 0 radical (unpaired) electrons. The molecule has 1 atom stereocenters. The van der Waals surface area contributed by atoms with E-state index in [-0.39, 0.29) is 5.97 Å². The van der Waals surface area contributed by atoms with E-state index in [4.69, 9.17) is 4.74 Å². The number of hydrogen-bond acceptors (Lipinski definition) is 3. The van der Waals surface area contributed by atoms with Crippen molar-refractivity contribution in [2.75, 3.05) is 20.2 Å². The Labute approximate surface area is 191 Å². The fourth-order valence-electron chi connectivity index (χ4n) is 5.31. The van der Waals surface area contributed by atoms with Crippen molar-refractivity contribution in [1.82, 2.24) is 4.90 Å². The Morgan fingerprint density at radius 3 is 1.81 bits per heavy atom. The molecule has 0 amide bonds. The summed E-state index contributed by atoms with van der Waals surface area (Å²) >= 11 is 0. The van der Waals surface area contributed by atoms with Gasteiger partial charge in [0.15, 0.2) is 0 Å². The molecule has 4 rings (SSSR count). The van der Waals surface area contributed by atoms with Crippen LogP contribution in [0.4, 0.5) is 0 Å². The van der Waals surface area contributed by atoms with Gasteiger partial charge in [-0.1, -0.05) is 97.1 Å². The second-order valence-corrected chi connectivity index (χ2v) is 8.58. The largest absolute Gasteiger partial charge is 0.469 e. The number of methoxy groups -OCH3 is 1. The molecule has 3 nitrogen and oxygen atoms in total. The summed E-state index contributed by atoms with van der Waals surface area (Å²) < 4.78 is 5.31. The first-order valence-corrected chi connectivity index (χ1v) is 11.3. The van der Waals surface area contributed by atoms with Crippen molar-refractivity contribution >= 4 is 5.97 Å². The molecule has 3 aromatic carbocycles. The average Bonchev–Trinajstić information content (AvgIpc) is 3.30. The van der Waals surface area contributed by atoms with Gasteiger partial charge in [-0.05, 0) is 36.0 Å². The standard InChI is InChI=1S/C29H31NO2/c1-3-4-20-28(27(31)32-2)21-22-30(23-28)29(24-14-8-5-9-15-24,25-16-10-6-11-17-25)26-18-12-7-13-19-26/h3,5-19H,1,4,20-23H2,2H3.